The van der Waals surface area contributed by atoms with Crippen molar-refractivity contribution in [3.63, 3.8) is 0 Å². The summed E-state index contributed by atoms with van der Waals surface area (Å²) in [6, 6.07) is 1.70. The zero-order valence-corrected chi connectivity index (χ0v) is 7.89. The molecule has 0 spiro atoms. The Kier molecular flexibility index (Phi) is 3.94. The maximum absolute atomic E-state index is 11.3. The second kappa shape index (κ2) is 5.04. The number of carbonyl (C=O) groups excluding carboxylic acids is 1. The van der Waals surface area contributed by atoms with Crippen LogP contribution in [0, 0.1) is 0 Å². The summed E-state index contributed by atoms with van der Waals surface area (Å²) in [6.07, 6.45) is 4.13. The van der Waals surface area contributed by atoms with Crippen LogP contribution in [0.15, 0.2) is 23.0 Å². The van der Waals surface area contributed by atoms with Gasteiger partial charge in [-0.1, -0.05) is 6.92 Å². The highest BCUT2D eigenvalue weighted by Gasteiger charge is 2.05. The molecule has 0 aromatic carbocycles. The fraction of sp³-hybridized carbons (Fsp3) is 0.444. The third kappa shape index (κ3) is 2.74. The van der Waals surface area contributed by atoms with Crippen molar-refractivity contribution in [2.45, 2.75) is 13.3 Å². The summed E-state index contributed by atoms with van der Waals surface area (Å²) in [5, 5.41) is 0. The molecule has 0 saturated carbocycles. The minimum Gasteiger partial charge on any atom is -0.472 e. The van der Waals surface area contributed by atoms with Crippen LogP contribution in [0.3, 0.4) is 0 Å². The van der Waals surface area contributed by atoms with Crippen LogP contribution in [0.5, 0.6) is 0 Å². The Labute approximate surface area is 76.3 Å². The molecule has 66 valence electrons. The molecule has 1 rings (SSSR count). The quantitative estimate of drug-likeness (QED) is 0.520. The van der Waals surface area contributed by atoms with E-state index in [4.69, 9.17) is 4.42 Å². The van der Waals surface area contributed by atoms with Gasteiger partial charge in [-0.2, -0.15) is 11.8 Å². The van der Waals surface area contributed by atoms with E-state index in [-0.39, 0.29) is 5.78 Å². The molecule has 0 saturated heterocycles. The molecule has 3 heteroatoms. The SMILES string of the molecule is CCCSCC(=O)c1ccoc1. The smallest absolute Gasteiger partial charge is 0.175 e. The van der Waals surface area contributed by atoms with Crippen molar-refractivity contribution in [3.05, 3.63) is 24.2 Å². The highest BCUT2D eigenvalue weighted by atomic mass is 32.2. The molecule has 0 aliphatic rings. The molecule has 0 aliphatic heterocycles. The number of hydrogen-bond acceptors (Lipinski definition) is 3. The van der Waals surface area contributed by atoms with E-state index in [2.05, 4.69) is 6.92 Å². The molecule has 0 N–H and O–H groups in total. The van der Waals surface area contributed by atoms with E-state index in [0.717, 1.165) is 12.2 Å². The molecule has 2 nitrogen and oxygen atoms in total. The van der Waals surface area contributed by atoms with Crippen LogP contribution in [0.25, 0.3) is 0 Å². The molecule has 1 heterocycles. The number of carbonyl (C=O) groups is 1. The highest BCUT2D eigenvalue weighted by Crippen LogP contribution is 2.08. The molecule has 0 amide bonds. The van der Waals surface area contributed by atoms with E-state index < -0.39 is 0 Å². The van der Waals surface area contributed by atoms with Gasteiger partial charge in [-0.25, -0.2) is 0 Å². The summed E-state index contributed by atoms with van der Waals surface area (Å²) < 4.78 is 4.81. The standard InChI is InChI=1S/C9H12O2S/c1-2-5-12-7-9(10)8-3-4-11-6-8/h3-4,6H,2,5,7H2,1H3. The van der Waals surface area contributed by atoms with Crippen molar-refractivity contribution >= 4 is 17.5 Å². The second-order valence-electron chi connectivity index (χ2n) is 2.49. The van der Waals surface area contributed by atoms with Crippen LogP contribution in [-0.2, 0) is 0 Å². The molecular formula is C9H12O2S. The van der Waals surface area contributed by atoms with E-state index in [1.165, 1.54) is 12.5 Å². The first-order valence-electron chi connectivity index (χ1n) is 3.97. The van der Waals surface area contributed by atoms with Crippen molar-refractivity contribution in [2.24, 2.45) is 0 Å². The molecule has 0 bridgehead atoms. The van der Waals surface area contributed by atoms with Gasteiger partial charge in [0.2, 0.25) is 0 Å². The van der Waals surface area contributed by atoms with Crippen molar-refractivity contribution in [3.8, 4) is 0 Å². The fourth-order valence-corrected chi connectivity index (χ4v) is 1.60. The van der Waals surface area contributed by atoms with E-state index in [1.807, 2.05) is 0 Å². The predicted octanol–water partition coefficient (Wildman–Crippen LogP) is 2.61. The Morgan fingerprint density at radius 1 is 1.67 bits per heavy atom. The fourth-order valence-electron chi connectivity index (χ4n) is 0.816. The minimum absolute atomic E-state index is 0.155. The van der Waals surface area contributed by atoms with Crippen LogP contribution >= 0.6 is 11.8 Å². The molecule has 1 aromatic heterocycles. The zero-order valence-electron chi connectivity index (χ0n) is 7.08. The Balaban J connectivity index is 2.30. The minimum atomic E-state index is 0.155. The largest absolute Gasteiger partial charge is 0.472 e. The number of furan rings is 1. The van der Waals surface area contributed by atoms with Crippen LogP contribution < -0.4 is 0 Å². The highest BCUT2D eigenvalue weighted by molar-refractivity contribution is 7.99. The van der Waals surface area contributed by atoms with Gasteiger partial charge in [0.25, 0.3) is 0 Å². The second-order valence-corrected chi connectivity index (χ2v) is 3.59. The molecule has 0 fully saturated rings. The number of Topliss-reactive ketones (excluding diaryl/α,β-unsaturated/α-hetero) is 1. The average Bonchev–Trinajstić information content (AvgIpc) is 2.56. The summed E-state index contributed by atoms with van der Waals surface area (Å²) in [6.45, 7) is 2.11. The molecule has 12 heavy (non-hydrogen) atoms. The lowest BCUT2D eigenvalue weighted by molar-refractivity contribution is 0.102. The van der Waals surface area contributed by atoms with Crippen LogP contribution in [0.4, 0.5) is 0 Å². The first-order chi connectivity index (χ1) is 5.84. The van der Waals surface area contributed by atoms with Crippen molar-refractivity contribution in [1.29, 1.82) is 0 Å². The van der Waals surface area contributed by atoms with Gasteiger partial charge in [-0.15, -0.1) is 0 Å². The zero-order chi connectivity index (χ0) is 8.81. The van der Waals surface area contributed by atoms with E-state index in [9.17, 15) is 4.79 Å². The van der Waals surface area contributed by atoms with E-state index in [1.54, 1.807) is 17.8 Å². The summed E-state index contributed by atoms with van der Waals surface area (Å²) in [5.41, 5.74) is 0.679. The monoisotopic (exact) mass is 184 g/mol. The molecule has 0 radical (unpaired) electrons. The summed E-state index contributed by atoms with van der Waals surface area (Å²) in [4.78, 5) is 11.3. The Hall–Kier alpha value is -0.700. The first-order valence-corrected chi connectivity index (χ1v) is 5.13. The molecular weight excluding hydrogens is 172 g/mol. The lowest BCUT2D eigenvalue weighted by Gasteiger charge is -1.95. The topological polar surface area (TPSA) is 30.2 Å². The van der Waals surface area contributed by atoms with Crippen molar-refractivity contribution in [1.82, 2.24) is 0 Å². The van der Waals surface area contributed by atoms with Gasteiger partial charge in [0.1, 0.15) is 6.26 Å². The lowest BCUT2D eigenvalue weighted by atomic mass is 10.2. The maximum atomic E-state index is 11.3. The Bertz CT molecular complexity index is 229. The van der Waals surface area contributed by atoms with Gasteiger partial charge in [-0.3, -0.25) is 4.79 Å². The number of thioether (sulfide) groups is 1. The number of ketones is 1. The van der Waals surface area contributed by atoms with Crippen LogP contribution in [-0.4, -0.2) is 17.3 Å². The van der Waals surface area contributed by atoms with E-state index >= 15 is 0 Å². The molecule has 0 aliphatic carbocycles. The predicted molar refractivity (Wildman–Crippen MR) is 50.7 cm³/mol. The van der Waals surface area contributed by atoms with Gasteiger partial charge in [0, 0.05) is 0 Å². The normalized spacial score (nSPS) is 10.1. The third-order valence-corrected chi connectivity index (χ3v) is 2.59. The van der Waals surface area contributed by atoms with Gasteiger partial charge < -0.3 is 4.42 Å². The summed E-state index contributed by atoms with van der Waals surface area (Å²) in [7, 11) is 0. The van der Waals surface area contributed by atoms with Gasteiger partial charge in [-0.05, 0) is 18.2 Å². The van der Waals surface area contributed by atoms with Gasteiger partial charge in [0.15, 0.2) is 5.78 Å². The van der Waals surface area contributed by atoms with Crippen molar-refractivity contribution < 1.29 is 9.21 Å². The lowest BCUT2D eigenvalue weighted by Crippen LogP contribution is -2.00. The Morgan fingerprint density at radius 2 is 2.50 bits per heavy atom. The van der Waals surface area contributed by atoms with E-state index in [0.29, 0.717) is 11.3 Å². The number of hydrogen-bond donors (Lipinski definition) is 0. The Morgan fingerprint density at radius 3 is 3.08 bits per heavy atom. The summed E-state index contributed by atoms with van der Waals surface area (Å²) >= 11 is 1.67. The third-order valence-electron chi connectivity index (χ3n) is 1.42. The first kappa shape index (κ1) is 9.39. The molecule has 1 aromatic rings. The van der Waals surface area contributed by atoms with Gasteiger partial charge >= 0.3 is 0 Å². The summed E-state index contributed by atoms with van der Waals surface area (Å²) in [5.74, 6) is 1.76. The molecule has 0 unspecified atom stereocenters. The number of rotatable bonds is 5. The van der Waals surface area contributed by atoms with Crippen LogP contribution in [0.2, 0.25) is 0 Å². The average molecular weight is 184 g/mol. The van der Waals surface area contributed by atoms with Gasteiger partial charge in [0.05, 0.1) is 17.6 Å². The maximum Gasteiger partial charge on any atom is 0.175 e. The van der Waals surface area contributed by atoms with Crippen molar-refractivity contribution in [2.75, 3.05) is 11.5 Å². The van der Waals surface area contributed by atoms with Crippen LogP contribution in [0.1, 0.15) is 23.7 Å². The molecule has 0 atom stereocenters.